The third-order valence-electron chi connectivity index (χ3n) is 5.07. The molecule has 1 aromatic carbocycles. The first-order valence-corrected chi connectivity index (χ1v) is 10.2. The fourth-order valence-electron chi connectivity index (χ4n) is 3.37. The Labute approximate surface area is 176 Å². The van der Waals surface area contributed by atoms with Gasteiger partial charge in [0, 0.05) is 42.8 Å². The summed E-state index contributed by atoms with van der Waals surface area (Å²) >= 11 is 5.88. The van der Waals surface area contributed by atoms with Crippen molar-refractivity contribution in [1.82, 2.24) is 20.3 Å². The Kier molecular flexibility index (Phi) is 6.92. The first kappa shape index (κ1) is 21.3. The summed E-state index contributed by atoms with van der Waals surface area (Å²) in [6.07, 6.45) is 0. The Morgan fingerprint density at radius 1 is 1.17 bits per heavy atom. The minimum Gasteiger partial charge on any atom is -0.360 e. The zero-order valence-corrected chi connectivity index (χ0v) is 17.8. The van der Waals surface area contributed by atoms with E-state index in [2.05, 4.69) is 15.4 Å². The highest BCUT2D eigenvalue weighted by Gasteiger charge is 2.31. The van der Waals surface area contributed by atoms with E-state index in [1.54, 1.807) is 24.3 Å². The van der Waals surface area contributed by atoms with Crippen LogP contribution in [0.5, 0.6) is 0 Å². The first-order chi connectivity index (χ1) is 13.8. The minimum absolute atomic E-state index is 0.0195. The van der Waals surface area contributed by atoms with Crippen molar-refractivity contribution in [3.05, 3.63) is 52.4 Å². The number of aromatic nitrogens is 1. The van der Waals surface area contributed by atoms with Gasteiger partial charge in [-0.2, -0.15) is 0 Å². The van der Waals surface area contributed by atoms with Gasteiger partial charge in [-0.05, 0) is 37.1 Å². The van der Waals surface area contributed by atoms with E-state index >= 15 is 0 Å². The third-order valence-corrected chi connectivity index (χ3v) is 5.32. The molecule has 0 bridgehead atoms. The number of rotatable bonds is 6. The SMILES string of the molecule is Cc1cc(CN2CCN(C(=O)C(NC(=O)c3ccc(Cl)cc3)C(C)C)CC2)on1. The van der Waals surface area contributed by atoms with Gasteiger partial charge < -0.3 is 14.7 Å². The number of hydrogen-bond donors (Lipinski definition) is 1. The highest BCUT2D eigenvalue weighted by Crippen LogP contribution is 2.14. The van der Waals surface area contributed by atoms with Gasteiger partial charge in [-0.1, -0.05) is 30.6 Å². The van der Waals surface area contributed by atoms with Gasteiger partial charge in [-0.15, -0.1) is 0 Å². The molecule has 1 aromatic heterocycles. The van der Waals surface area contributed by atoms with Gasteiger partial charge in [-0.25, -0.2) is 0 Å². The Bertz CT molecular complexity index is 842. The largest absolute Gasteiger partial charge is 0.360 e. The lowest BCUT2D eigenvalue weighted by molar-refractivity contribution is -0.136. The molecule has 1 aliphatic heterocycles. The summed E-state index contributed by atoms with van der Waals surface area (Å²) in [5.41, 5.74) is 1.35. The van der Waals surface area contributed by atoms with E-state index in [9.17, 15) is 9.59 Å². The molecule has 156 valence electrons. The Hall–Kier alpha value is -2.38. The monoisotopic (exact) mass is 418 g/mol. The fourth-order valence-corrected chi connectivity index (χ4v) is 3.50. The number of amides is 2. The van der Waals surface area contributed by atoms with Gasteiger partial charge >= 0.3 is 0 Å². The van der Waals surface area contributed by atoms with E-state index in [0.29, 0.717) is 30.2 Å². The number of hydrogen-bond acceptors (Lipinski definition) is 5. The molecule has 2 amide bonds. The number of nitrogens with one attached hydrogen (secondary N) is 1. The maximum Gasteiger partial charge on any atom is 0.251 e. The predicted octanol–water partition coefficient (Wildman–Crippen LogP) is 2.74. The van der Waals surface area contributed by atoms with Crippen LogP contribution in [-0.2, 0) is 11.3 Å². The number of carbonyl (C=O) groups is 2. The number of benzene rings is 1. The van der Waals surface area contributed by atoms with Crippen LogP contribution >= 0.6 is 11.6 Å². The van der Waals surface area contributed by atoms with E-state index in [0.717, 1.165) is 24.5 Å². The maximum absolute atomic E-state index is 13.1. The Balaban J connectivity index is 1.56. The van der Waals surface area contributed by atoms with Crippen molar-refractivity contribution in [3.8, 4) is 0 Å². The molecule has 0 saturated carbocycles. The van der Waals surface area contributed by atoms with Crippen molar-refractivity contribution in [3.63, 3.8) is 0 Å². The molecule has 2 heterocycles. The Morgan fingerprint density at radius 2 is 1.83 bits per heavy atom. The average Bonchev–Trinajstić information content (AvgIpc) is 3.11. The molecular formula is C21H27ClN4O3. The zero-order valence-electron chi connectivity index (χ0n) is 17.0. The van der Waals surface area contributed by atoms with Crippen molar-refractivity contribution >= 4 is 23.4 Å². The summed E-state index contributed by atoms with van der Waals surface area (Å²) in [7, 11) is 0. The molecule has 29 heavy (non-hydrogen) atoms. The van der Waals surface area contributed by atoms with Crippen molar-refractivity contribution in [2.24, 2.45) is 5.92 Å². The summed E-state index contributed by atoms with van der Waals surface area (Å²) < 4.78 is 5.28. The van der Waals surface area contributed by atoms with Crippen LogP contribution in [0.25, 0.3) is 0 Å². The normalized spacial score (nSPS) is 16.1. The smallest absolute Gasteiger partial charge is 0.251 e. The highest BCUT2D eigenvalue weighted by molar-refractivity contribution is 6.30. The summed E-state index contributed by atoms with van der Waals surface area (Å²) in [5.74, 6) is 0.497. The second kappa shape index (κ2) is 9.41. The lowest BCUT2D eigenvalue weighted by Crippen LogP contribution is -2.56. The highest BCUT2D eigenvalue weighted by atomic mass is 35.5. The Morgan fingerprint density at radius 3 is 2.38 bits per heavy atom. The molecule has 0 spiro atoms. The molecule has 7 nitrogen and oxygen atoms in total. The lowest BCUT2D eigenvalue weighted by atomic mass is 10.0. The molecule has 1 fully saturated rings. The fraction of sp³-hybridized carbons (Fsp3) is 0.476. The van der Waals surface area contributed by atoms with Crippen molar-refractivity contribution in [2.75, 3.05) is 26.2 Å². The van der Waals surface area contributed by atoms with Crippen molar-refractivity contribution in [1.29, 1.82) is 0 Å². The van der Waals surface area contributed by atoms with Crippen molar-refractivity contribution < 1.29 is 14.1 Å². The second-order valence-corrected chi connectivity index (χ2v) is 8.17. The van der Waals surface area contributed by atoms with E-state index in [-0.39, 0.29) is 17.7 Å². The van der Waals surface area contributed by atoms with Crippen LogP contribution in [0.4, 0.5) is 0 Å². The van der Waals surface area contributed by atoms with Crippen LogP contribution in [0.1, 0.15) is 35.7 Å². The van der Waals surface area contributed by atoms with Gasteiger partial charge in [0.2, 0.25) is 5.91 Å². The molecule has 1 aliphatic rings. The second-order valence-electron chi connectivity index (χ2n) is 7.74. The molecule has 0 radical (unpaired) electrons. The quantitative estimate of drug-likeness (QED) is 0.780. The van der Waals surface area contributed by atoms with Gasteiger partial charge in [0.05, 0.1) is 12.2 Å². The van der Waals surface area contributed by atoms with E-state index in [4.69, 9.17) is 16.1 Å². The molecule has 0 aliphatic carbocycles. The average molecular weight is 419 g/mol. The van der Waals surface area contributed by atoms with E-state index < -0.39 is 6.04 Å². The third kappa shape index (κ3) is 5.58. The van der Waals surface area contributed by atoms with Crippen LogP contribution in [-0.4, -0.2) is 59.0 Å². The van der Waals surface area contributed by atoms with Crippen LogP contribution in [0, 0.1) is 12.8 Å². The molecule has 1 unspecified atom stereocenters. The number of piperazine rings is 1. The molecule has 1 atom stereocenters. The topological polar surface area (TPSA) is 78.7 Å². The minimum atomic E-state index is -0.568. The van der Waals surface area contributed by atoms with Gasteiger partial charge in [-0.3, -0.25) is 14.5 Å². The molecule has 2 aromatic rings. The molecule has 1 N–H and O–H groups in total. The molecular weight excluding hydrogens is 392 g/mol. The summed E-state index contributed by atoms with van der Waals surface area (Å²) in [5, 5.41) is 7.37. The van der Waals surface area contributed by atoms with Gasteiger partial charge in [0.15, 0.2) is 5.76 Å². The van der Waals surface area contributed by atoms with Crippen LogP contribution in [0.3, 0.4) is 0 Å². The van der Waals surface area contributed by atoms with Crippen LogP contribution in [0.15, 0.2) is 34.9 Å². The van der Waals surface area contributed by atoms with Gasteiger partial charge in [0.25, 0.3) is 5.91 Å². The number of aryl methyl sites for hydroxylation is 1. The zero-order chi connectivity index (χ0) is 21.0. The number of halogens is 1. The lowest BCUT2D eigenvalue weighted by Gasteiger charge is -2.36. The molecule has 8 heteroatoms. The maximum atomic E-state index is 13.1. The predicted molar refractivity (Wildman–Crippen MR) is 111 cm³/mol. The van der Waals surface area contributed by atoms with Crippen LogP contribution < -0.4 is 5.32 Å². The van der Waals surface area contributed by atoms with E-state index in [1.165, 1.54) is 0 Å². The number of nitrogens with zero attached hydrogens (tertiary/aromatic N) is 3. The molecule has 1 saturated heterocycles. The molecule has 3 rings (SSSR count). The summed E-state index contributed by atoms with van der Waals surface area (Å²) in [6, 6.07) is 8.00. The van der Waals surface area contributed by atoms with Gasteiger partial charge in [0.1, 0.15) is 6.04 Å². The summed E-state index contributed by atoms with van der Waals surface area (Å²) in [4.78, 5) is 29.7. The standard InChI is InChI=1S/C21H27ClN4O3/c1-14(2)19(23-20(27)16-4-6-17(22)7-5-16)21(28)26-10-8-25(9-11-26)13-18-12-15(3)24-29-18/h4-7,12,14,19H,8-11,13H2,1-3H3,(H,23,27). The van der Waals surface area contributed by atoms with E-state index in [1.807, 2.05) is 31.7 Å². The first-order valence-electron chi connectivity index (χ1n) is 9.83. The number of carbonyl (C=O) groups excluding carboxylic acids is 2. The van der Waals surface area contributed by atoms with Crippen molar-refractivity contribution in [2.45, 2.75) is 33.4 Å². The van der Waals surface area contributed by atoms with Crippen LogP contribution in [0.2, 0.25) is 5.02 Å². The summed E-state index contributed by atoms with van der Waals surface area (Å²) in [6.45, 7) is 9.19.